The van der Waals surface area contributed by atoms with Gasteiger partial charge in [0.2, 0.25) is 0 Å². The maximum Gasteiger partial charge on any atom is 0.0326 e. The quantitative estimate of drug-likeness (QED) is 0.742. The molecule has 0 amide bonds. The van der Waals surface area contributed by atoms with Crippen LogP contribution in [-0.2, 0) is 0 Å². The summed E-state index contributed by atoms with van der Waals surface area (Å²) < 4.78 is 0. The smallest absolute Gasteiger partial charge is 0.0326 e. The Hall–Kier alpha value is -1.50. The predicted octanol–water partition coefficient (Wildman–Crippen LogP) is 3.81. The van der Waals surface area contributed by atoms with Gasteiger partial charge in [-0.3, -0.25) is 0 Å². The normalized spacial score (nSPS) is 11.2. The summed E-state index contributed by atoms with van der Waals surface area (Å²) in [5.74, 6) is 0.552. The molecule has 0 saturated heterocycles. The van der Waals surface area contributed by atoms with Crippen molar-refractivity contribution in [2.24, 2.45) is 0 Å². The molecule has 2 rings (SSSR count). The average molecular weight is 199 g/mol. The Bertz CT molecular complexity index is 457. The van der Waals surface area contributed by atoms with E-state index in [0.717, 1.165) is 5.69 Å². The summed E-state index contributed by atoms with van der Waals surface area (Å²) in [7, 11) is 0. The van der Waals surface area contributed by atoms with Crippen molar-refractivity contribution in [1.29, 1.82) is 0 Å². The van der Waals surface area contributed by atoms with Crippen molar-refractivity contribution >= 4 is 5.69 Å². The minimum absolute atomic E-state index is 0.552. The van der Waals surface area contributed by atoms with Crippen molar-refractivity contribution in [3.8, 4) is 11.1 Å². The van der Waals surface area contributed by atoms with Gasteiger partial charge in [0.15, 0.2) is 0 Å². The molecule has 0 spiro atoms. The second-order valence-electron chi connectivity index (χ2n) is 4.47. The second kappa shape index (κ2) is 3.58. The van der Waals surface area contributed by atoms with E-state index in [-0.39, 0.29) is 0 Å². The van der Waals surface area contributed by atoms with Gasteiger partial charge in [0.25, 0.3) is 0 Å². The Morgan fingerprint density at radius 2 is 1.80 bits per heavy atom. The molecule has 0 aromatic carbocycles. The van der Waals surface area contributed by atoms with Crippen LogP contribution in [0.3, 0.4) is 0 Å². The molecule has 15 heavy (non-hydrogen) atoms. The van der Waals surface area contributed by atoms with Gasteiger partial charge in [-0.15, -0.1) is 0 Å². The first-order chi connectivity index (χ1) is 7.08. The molecule has 0 unspecified atom stereocenters. The van der Waals surface area contributed by atoms with Crippen LogP contribution in [0.15, 0.2) is 30.3 Å². The molecule has 0 saturated carbocycles. The summed E-state index contributed by atoms with van der Waals surface area (Å²) in [6, 6.07) is 10.7. The third kappa shape index (κ3) is 1.82. The molecule has 0 fully saturated rings. The van der Waals surface area contributed by atoms with Gasteiger partial charge >= 0.3 is 0 Å². The average Bonchev–Trinajstić information content (AvgIpc) is 2.46. The number of rotatable bonds is 1. The highest BCUT2D eigenvalue weighted by atomic mass is 14.5. The lowest BCUT2D eigenvalue weighted by molar-refractivity contribution is 0.869. The molecule has 0 aromatic rings. The standard InChI is InChI=1S/C14H17N/c1-9(2)11-5-4-10(3)14-8-13(15)7-12(14)6-11/h4-9H,15H2,1-3H3. The number of hydrogen-bond donors (Lipinski definition) is 1. The molecule has 1 heteroatoms. The summed E-state index contributed by atoms with van der Waals surface area (Å²) in [4.78, 5) is 0. The van der Waals surface area contributed by atoms with E-state index in [2.05, 4.69) is 45.0 Å². The molecule has 2 aliphatic carbocycles. The summed E-state index contributed by atoms with van der Waals surface area (Å²) in [5, 5.41) is 0. The van der Waals surface area contributed by atoms with Crippen LogP contribution in [-0.4, -0.2) is 0 Å². The molecule has 0 bridgehead atoms. The number of hydrogen-bond acceptors (Lipinski definition) is 1. The molecule has 0 aliphatic heterocycles. The molecule has 0 aromatic heterocycles. The van der Waals surface area contributed by atoms with Crippen molar-refractivity contribution in [1.82, 2.24) is 0 Å². The Kier molecular flexibility index (Phi) is 2.39. The van der Waals surface area contributed by atoms with Gasteiger partial charge in [-0.2, -0.15) is 0 Å². The minimum atomic E-state index is 0.552. The lowest BCUT2D eigenvalue weighted by atomic mass is 10.0. The third-order valence-corrected chi connectivity index (χ3v) is 2.88. The van der Waals surface area contributed by atoms with Crippen LogP contribution in [0.2, 0.25) is 0 Å². The fraction of sp³-hybridized carbons (Fsp3) is 0.286. The number of fused-ring (bicyclic) bond motifs is 1. The second-order valence-corrected chi connectivity index (χ2v) is 4.47. The Morgan fingerprint density at radius 1 is 1.07 bits per heavy atom. The van der Waals surface area contributed by atoms with E-state index in [1.807, 2.05) is 6.07 Å². The topological polar surface area (TPSA) is 26.0 Å². The summed E-state index contributed by atoms with van der Waals surface area (Å²) in [6.07, 6.45) is 0. The van der Waals surface area contributed by atoms with Crippen LogP contribution in [0.5, 0.6) is 0 Å². The fourth-order valence-corrected chi connectivity index (χ4v) is 1.91. The van der Waals surface area contributed by atoms with Crippen LogP contribution in [0.1, 0.15) is 30.9 Å². The van der Waals surface area contributed by atoms with Gasteiger partial charge in [0.05, 0.1) is 0 Å². The fourth-order valence-electron chi connectivity index (χ4n) is 1.91. The van der Waals surface area contributed by atoms with Crippen LogP contribution in [0, 0.1) is 6.92 Å². The van der Waals surface area contributed by atoms with E-state index < -0.39 is 0 Å². The van der Waals surface area contributed by atoms with Gasteiger partial charge in [-0.25, -0.2) is 0 Å². The third-order valence-electron chi connectivity index (χ3n) is 2.88. The van der Waals surface area contributed by atoms with E-state index in [1.54, 1.807) is 0 Å². The largest absolute Gasteiger partial charge is 0.399 e. The number of aryl methyl sites for hydroxylation is 1. The van der Waals surface area contributed by atoms with Crippen LogP contribution >= 0.6 is 0 Å². The van der Waals surface area contributed by atoms with E-state index in [0.29, 0.717) is 5.92 Å². The van der Waals surface area contributed by atoms with E-state index >= 15 is 0 Å². The van der Waals surface area contributed by atoms with E-state index in [1.165, 1.54) is 22.3 Å². The molecule has 1 nitrogen and oxygen atoms in total. The molecule has 78 valence electrons. The van der Waals surface area contributed by atoms with Gasteiger partial charge in [0.1, 0.15) is 0 Å². The van der Waals surface area contributed by atoms with E-state index in [4.69, 9.17) is 5.73 Å². The Labute approximate surface area is 91.3 Å². The van der Waals surface area contributed by atoms with Gasteiger partial charge in [-0.1, -0.05) is 32.0 Å². The van der Waals surface area contributed by atoms with Crippen molar-refractivity contribution in [3.63, 3.8) is 0 Å². The Morgan fingerprint density at radius 3 is 2.47 bits per heavy atom. The predicted molar refractivity (Wildman–Crippen MR) is 66.3 cm³/mol. The highest BCUT2D eigenvalue weighted by Crippen LogP contribution is 2.31. The van der Waals surface area contributed by atoms with Crippen molar-refractivity contribution in [2.75, 3.05) is 5.73 Å². The lowest BCUT2D eigenvalue weighted by Gasteiger charge is -2.01. The first-order valence-corrected chi connectivity index (χ1v) is 5.37. The van der Waals surface area contributed by atoms with Crippen LogP contribution < -0.4 is 5.73 Å². The minimum Gasteiger partial charge on any atom is -0.399 e. The summed E-state index contributed by atoms with van der Waals surface area (Å²) in [5.41, 5.74) is 11.8. The van der Waals surface area contributed by atoms with Gasteiger partial charge in [-0.05, 0) is 47.2 Å². The molecular formula is C14H17N. The zero-order valence-electron chi connectivity index (χ0n) is 9.54. The van der Waals surface area contributed by atoms with Gasteiger partial charge in [0, 0.05) is 5.69 Å². The highest BCUT2D eigenvalue weighted by molar-refractivity contribution is 5.77. The Balaban J connectivity index is 2.68. The molecule has 2 N–H and O–H groups in total. The van der Waals surface area contributed by atoms with Crippen molar-refractivity contribution in [3.05, 3.63) is 41.5 Å². The first-order valence-electron chi connectivity index (χ1n) is 5.37. The molecule has 0 atom stereocenters. The summed E-state index contributed by atoms with van der Waals surface area (Å²) >= 11 is 0. The van der Waals surface area contributed by atoms with Crippen molar-refractivity contribution < 1.29 is 0 Å². The zero-order valence-corrected chi connectivity index (χ0v) is 9.54. The number of nitrogen functional groups attached to an aromatic ring is 1. The summed E-state index contributed by atoms with van der Waals surface area (Å²) in [6.45, 7) is 6.55. The first kappa shape index (κ1) is 10.0. The lowest BCUT2D eigenvalue weighted by Crippen LogP contribution is -1.82. The molecule has 0 heterocycles. The SMILES string of the molecule is Cc1ccc(C(C)C)cc2cc(N)cc1-2. The van der Waals surface area contributed by atoms with Gasteiger partial charge < -0.3 is 5.73 Å². The zero-order chi connectivity index (χ0) is 11.0. The number of nitrogens with two attached hydrogens (primary N) is 1. The van der Waals surface area contributed by atoms with Crippen LogP contribution in [0.25, 0.3) is 11.1 Å². The highest BCUT2D eigenvalue weighted by Gasteiger charge is 2.08. The maximum absolute atomic E-state index is 5.83. The monoisotopic (exact) mass is 199 g/mol. The van der Waals surface area contributed by atoms with Crippen LogP contribution in [0.4, 0.5) is 5.69 Å². The van der Waals surface area contributed by atoms with Crippen molar-refractivity contribution in [2.45, 2.75) is 26.7 Å². The molecule has 0 radical (unpaired) electrons. The molecule has 2 aliphatic rings. The maximum atomic E-state index is 5.83. The number of anilines is 1. The molecular weight excluding hydrogens is 182 g/mol. The van der Waals surface area contributed by atoms with E-state index in [9.17, 15) is 0 Å².